The summed E-state index contributed by atoms with van der Waals surface area (Å²) in [7, 11) is 0. The molecule has 1 aliphatic rings. The average Bonchev–Trinajstić information content (AvgIpc) is 2.53. The van der Waals surface area contributed by atoms with Crippen molar-refractivity contribution in [3.8, 4) is 5.75 Å². The van der Waals surface area contributed by atoms with E-state index in [0.717, 1.165) is 35.3 Å². The maximum Gasteiger partial charge on any atom is 0.163 e. The molecule has 1 aliphatic carbocycles. The number of carbonyl (C=O) groups excluding carboxylic acids is 1. The third-order valence-electron chi connectivity index (χ3n) is 4.19. The molecule has 0 N–H and O–H groups in total. The number of benzene rings is 2. The third-order valence-corrected chi connectivity index (χ3v) is 4.19. The highest BCUT2D eigenvalue weighted by Gasteiger charge is 2.24. The molecule has 3 rings (SSSR count). The molecular formula is C19H20O2. The monoisotopic (exact) mass is 280 g/mol. The molecule has 21 heavy (non-hydrogen) atoms. The van der Waals surface area contributed by atoms with Gasteiger partial charge in [-0.1, -0.05) is 43.7 Å². The van der Waals surface area contributed by atoms with Crippen LogP contribution in [0.4, 0.5) is 0 Å². The first kappa shape index (κ1) is 13.9. The van der Waals surface area contributed by atoms with Crippen molar-refractivity contribution in [1.29, 1.82) is 0 Å². The van der Waals surface area contributed by atoms with Crippen LogP contribution in [0.3, 0.4) is 0 Å². The Hall–Kier alpha value is -2.09. The van der Waals surface area contributed by atoms with E-state index in [0.29, 0.717) is 18.9 Å². The van der Waals surface area contributed by atoms with Crippen molar-refractivity contribution in [1.82, 2.24) is 0 Å². The number of ether oxygens (including phenoxy) is 1. The summed E-state index contributed by atoms with van der Waals surface area (Å²) in [5.74, 6) is 1.61. The lowest BCUT2D eigenvalue weighted by Gasteiger charge is -2.23. The molecule has 0 amide bonds. The number of hydrogen-bond donors (Lipinski definition) is 0. The molecule has 0 aliphatic heterocycles. The van der Waals surface area contributed by atoms with Gasteiger partial charge in [0.2, 0.25) is 0 Å². The topological polar surface area (TPSA) is 26.3 Å². The number of hydrogen-bond acceptors (Lipinski definition) is 2. The van der Waals surface area contributed by atoms with Gasteiger partial charge in [0.25, 0.3) is 0 Å². The molecular weight excluding hydrogens is 260 g/mol. The van der Waals surface area contributed by atoms with Gasteiger partial charge in [0.1, 0.15) is 12.4 Å². The lowest BCUT2D eigenvalue weighted by Crippen LogP contribution is -2.19. The van der Waals surface area contributed by atoms with Crippen LogP contribution in [0.5, 0.6) is 5.75 Å². The summed E-state index contributed by atoms with van der Waals surface area (Å²) < 4.78 is 5.85. The maximum absolute atomic E-state index is 12.1. The van der Waals surface area contributed by atoms with Crippen molar-refractivity contribution in [2.24, 2.45) is 5.92 Å². The Morgan fingerprint density at radius 2 is 1.90 bits per heavy atom. The van der Waals surface area contributed by atoms with E-state index >= 15 is 0 Å². The number of carbonyl (C=O) groups is 1. The number of Topliss-reactive ketones (excluding diaryl/α,β-unsaturated/α-hetero) is 1. The lowest BCUT2D eigenvalue weighted by molar-refractivity contribution is 0.0947. The largest absolute Gasteiger partial charge is 0.489 e. The molecule has 2 aromatic rings. The molecule has 0 heterocycles. The van der Waals surface area contributed by atoms with Crippen molar-refractivity contribution >= 4 is 5.78 Å². The Bertz CT molecular complexity index is 631. The van der Waals surface area contributed by atoms with Crippen LogP contribution >= 0.6 is 0 Å². The minimum absolute atomic E-state index is 0.276. The van der Waals surface area contributed by atoms with E-state index in [4.69, 9.17) is 4.74 Å². The van der Waals surface area contributed by atoms with Crippen LogP contribution in [0.1, 0.15) is 41.3 Å². The van der Waals surface area contributed by atoms with Crippen LogP contribution in [0.25, 0.3) is 0 Å². The van der Waals surface area contributed by atoms with Gasteiger partial charge in [-0.2, -0.15) is 0 Å². The number of fused-ring (bicyclic) bond motifs is 1. The van der Waals surface area contributed by atoms with Gasteiger partial charge in [0.05, 0.1) is 0 Å². The van der Waals surface area contributed by atoms with Crippen LogP contribution in [0.15, 0.2) is 48.5 Å². The van der Waals surface area contributed by atoms with Gasteiger partial charge in [-0.25, -0.2) is 0 Å². The molecule has 0 spiro atoms. The molecule has 0 aromatic heterocycles. The molecule has 1 atom stereocenters. The minimum atomic E-state index is 0.276. The second-order valence-electron chi connectivity index (χ2n) is 5.70. The molecule has 0 bridgehead atoms. The van der Waals surface area contributed by atoms with Crippen molar-refractivity contribution < 1.29 is 9.53 Å². The van der Waals surface area contributed by atoms with Crippen molar-refractivity contribution in [2.75, 3.05) is 0 Å². The highest BCUT2D eigenvalue weighted by atomic mass is 16.5. The normalized spacial score (nSPS) is 17.4. The van der Waals surface area contributed by atoms with Gasteiger partial charge in [0, 0.05) is 12.0 Å². The first-order valence-corrected chi connectivity index (χ1v) is 7.59. The zero-order valence-corrected chi connectivity index (χ0v) is 12.3. The smallest absolute Gasteiger partial charge is 0.163 e. The first-order valence-electron chi connectivity index (χ1n) is 7.59. The van der Waals surface area contributed by atoms with E-state index in [1.54, 1.807) is 0 Å². The van der Waals surface area contributed by atoms with Crippen LogP contribution in [-0.2, 0) is 13.0 Å². The fourth-order valence-electron chi connectivity index (χ4n) is 2.89. The summed E-state index contributed by atoms with van der Waals surface area (Å²) in [6.45, 7) is 2.71. The molecule has 2 heteroatoms. The first-order chi connectivity index (χ1) is 10.3. The maximum atomic E-state index is 12.1. The third kappa shape index (κ3) is 3.15. The van der Waals surface area contributed by atoms with Gasteiger partial charge in [0.15, 0.2) is 5.78 Å². The molecule has 0 radical (unpaired) electrons. The van der Waals surface area contributed by atoms with E-state index < -0.39 is 0 Å². The fourth-order valence-corrected chi connectivity index (χ4v) is 2.89. The lowest BCUT2D eigenvalue weighted by atomic mass is 9.82. The Kier molecular flexibility index (Phi) is 4.05. The van der Waals surface area contributed by atoms with E-state index in [1.807, 2.05) is 36.4 Å². The zero-order valence-electron chi connectivity index (χ0n) is 12.3. The predicted molar refractivity (Wildman–Crippen MR) is 83.6 cm³/mol. The van der Waals surface area contributed by atoms with Gasteiger partial charge in [-0.15, -0.1) is 0 Å². The van der Waals surface area contributed by atoms with Gasteiger partial charge in [-0.3, -0.25) is 4.79 Å². The van der Waals surface area contributed by atoms with E-state index in [9.17, 15) is 4.79 Å². The van der Waals surface area contributed by atoms with E-state index in [1.165, 1.54) is 0 Å². The summed E-state index contributed by atoms with van der Waals surface area (Å²) in [6, 6.07) is 16.0. The Morgan fingerprint density at radius 1 is 1.10 bits per heavy atom. The molecule has 108 valence electrons. The summed E-state index contributed by atoms with van der Waals surface area (Å²) in [4.78, 5) is 12.1. The van der Waals surface area contributed by atoms with Gasteiger partial charge in [-0.05, 0) is 41.7 Å². The van der Waals surface area contributed by atoms with Gasteiger partial charge >= 0.3 is 0 Å². The number of rotatable bonds is 4. The van der Waals surface area contributed by atoms with Crippen molar-refractivity contribution in [3.05, 3.63) is 65.2 Å². The van der Waals surface area contributed by atoms with Crippen LogP contribution in [0.2, 0.25) is 0 Å². The summed E-state index contributed by atoms with van der Waals surface area (Å²) in [5.41, 5.74) is 3.17. The second-order valence-corrected chi connectivity index (χ2v) is 5.70. The van der Waals surface area contributed by atoms with Crippen LogP contribution < -0.4 is 4.74 Å². The van der Waals surface area contributed by atoms with Crippen molar-refractivity contribution in [2.45, 2.75) is 32.8 Å². The SMILES string of the molecule is CCC1CC(=O)c2ccc(OCc3ccccc3)cc2C1. The fraction of sp³-hybridized carbons (Fsp3) is 0.316. The van der Waals surface area contributed by atoms with Gasteiger partial charge < -0.3 is 4.74 Å². The number of ketones is 1. The van der Waals surface area contributed by atoms with E-state index in [-0.39, 0.29) is 5.78 Å². The molecule has 1 unspecified atom stereocenters. The van der Waals surface area contributed by atoms with E-state index in [2.05, 4.69) is 19.1 Å². The molecule has 0 fully saturated rings. The zero-order chi connectivity index (χ0) is 14.7. The molecule has 0 saturated heterocycles. The summed E-state index contributed by atoms with van der Waals surface area (Å²) in [6.07, 6.45) is 2.73. The average molecular weight is 280 g/mol. The molecule has 2 aromatic carbocycles. The molecule has 2 nitrogen and oxygen atoms in total. The summed E-state index contributed by atoms with van der Waals surface area (Å²) in [5, 5.41) is 0. The minimum Gasteiger partial charge on any atom is -0.489 e. The quantitative estimate of drug-likeness (QED) is 0.828. The predicted octanol–water partition coefficient (Wildman–Crippen LogP) is 4.42. The highest BCUT2D eigenvalue weighted by molar-refractivity contribution is 5.98. The standard InChI is InChI=1S/C19H20O2/c1-2-14-10-16-12-17(8-9-18(16)19(20)11-14)21-13-15-6-4-3-5-7-15/h3-9,12,14H,2,10-11,13H2,1H3. The Morgan fingerprint density at radius 3 is 2.67 bits per heavy atom. The summed E-state index contributed by atoms with van der Waals surface area (Å²) >= 11 is 0. The van der Waals surface area contributed by atoms with Crippen LogP contribution in [-0.4, -0.2) is 5.78 Å². The molecule has 0 saturated carbocycles. The Labute approximate surface area is 125 Å². The second kappa shape index (κ2) is 6.13. The van der Waals surface area contributed by atoms with Crippen molar-refractivity contribution in [3.63, 3.8) is 0 Å². The highest BCUT2D eigenvalue weighted by Crippen LogP contribution is 2.30. The van der Waals surface area contributed by atoms with Crippen LogP contribution in [0, 0.1) is 5.92 Å². The Balaban J connectivity index is 1.75.